The molecule has 2 aromatic rings. The van der Waals surface area contributed by atoms with Gasteiger partial charge < -0.3 is 9.90 Å². The van der Waals surface area contributed by atoms with Crippen molar-refractivity contribution < 1.29 is 14.7 Å². The Morgan fingerprint density at radius 2 is 1.88 bits per heavy atom. The van der Waals surface area contributed by atoms with Crippen molar-refractivity contribution in [1.82, 2.24) is 0 Å². The first-order valence-corrected chi connectivity index (χ1v) is 9.01. The molecule has 1 aliphatic heterocycles. The topological polar surface area (TPSA) is 60.4 Å². The van der Waals surface area contributed by atoms with Crippen LogP contribution in [0.2, 0.25) is 0 Å². The number of carboxylic acids is 1. The maximum Gasteiger partial charge on any atom is 0.270 e. The van der Waals surface area contributed by atoms with Crippen LogP contribution in [0.5, 0.6) is 0 Å². The summed E-state index contributed by atoms with van der Waals surface area (Å²) in [6, 6.07) is 15.8. The number of thioether (sulfide) groups is 1. The Kier molecular flexibility index (Phi) is 5.35. The van der Waals surface area contributed by atoms with Crippen LogP contribution < -0.4 is 10.0 Å². The second kappa shape index (κ2) is 7.68. The van der Waals surface area contributed by atoms with Crippen LogP contribution in [0.3, 0.4) is 0 Å². The third kappa shape index (κ3) is 3.92. The van der Waals surface area contributed by atoms with E-state index >= 15 is 0 Å². The SMILES string of the molecule is CC(/C=C1\SC(=S)N(c2cccc(C(=O)[O-])c2)C1=O)=C\c1ccccc1. The fourth-order valence-electron chi connectivity index (χ4n) is 2.52. The highest BCUT2D eigenvalue weighted by molar-refractivity contribution is 8.27. The number of hydrogen-bond acceptors (Lipinski definition) is 5. The number of aromatic carboxylic acids is 1. The number of carbonyl (C=O) groups excluding carboxylic acids is 2. The van der Waals surface area contributed by atoms with Crippen LogP contribution in [0, 0.1) is 0 Å². The van der Waals surface area contributed by atoms with Gasteiger partial charge in [0.1, 0.15) is 0 Å². The first-order chi connectivity index (χ1) is 12.5. The van der Waals surface area contributed by atoms with Gasteiger partial charge in [0.2, 0.25) is 0 Å². The molecule has 0 unspecified atom stereocenters. The normalized spacial score (nSPS) is 16.4. The van der Waals surface area contributed by atoms with Crippen molar-refractivity contribution >= 4 is 51.9 Å². The molecule has 1 aliphatic rings. The van der Waals surface area contributed by atoms with Crippen LogP contribution in [-0.2, 0) is 4.79 Å². The van der Waals surface area contributed by atoms with Crippen molar-refractivity contribution in [3.8, 4) is 0 Å². The predicted molar refractivity (Wildman–Crippen MR) is 107 cm³/mol. The summed E-state index contributed by atoms with van der Waals surface area (Å²) in [6.45, 7) is 1.91. The van der Waals surface area contributed by atoms with Gasteiger partial charge in [-0.3, -0.25) is 9.69 Å². The van der Waals surface area contributed by atoms with Crippen molar-refractivity contribution in [2.24, 2.45) is 0 Å². The summed E-state index contributed by atoms with van der Waals surface area (Å²) in [6.07, 6.45) is 3.76. The van der Waals surface area contributed by atoms with Crippen molar-refractivity contribution in [2.45, 2.75) is 6.92 Å². The molecule has 1 saturated heterocycles. The molecular weight excluding hydrogens is 366 g/mol. The van der Waals surface area contributed by atoms with E-state index in [1.165, 1.54) is 28.8 Å². The van der Waals surface area contributed by atoms with Crippen molar-refractivity contribution in [3.63, 3.8) is 0 Å². The van der Waals surface area contributed by atoms with Crippen LogP contribution in [0.4, 0.5) is 5.69 Å². The minimum atomic E-state index is -1.30. The molecule has 0 aromatic heterocycles. The van der Waals surface area contributed by atoms with Crippen LogP contribution in [0.1, 0.15) is 22.8 Å². The number of benzene rings is 2. The first-order valence-electron chi connectivity index (χ1n) is 7.78. The molecule has 2 aromatic carbocycles. The molecule has 26 heavy (non-hydrogen) atoms. The molecule has 0 aliphatic carbocycles. The minimum absolute atomic E-state index is 0.000633. The Morgan fingerprint density at radius 3 is 2.58 bits per heavy atom. The van der Waals surface area contributed by atoms with Gasteiger partial charge in [-0.1, -0.05) is 72.5 Å². The quantitative estimate of drug-likeness (QED) is 0.601. The molecule has 1 heterocycles. The van der Waals surface area contributed by atoms with E-state index in [-0.39, 0.29) is 11.5 Å². The van der Waals surface area contributed by atoms with Gasteiger partial charge in [-0.05, 0) is 41.8 Å². The predicted octanol–water partition coefficient (Wildman–Crippen LogP) is 3.40. The Morgan fingerprint density at radius 1 is 1.15 bits per heavy atom. The van der Waals surface area contributed by atoms with E-state index in [1.807, 2.05) is 43.3 Å². The molecule has 1 amide bonds. The third-order valence-corrected chi connectivity index (χ3v) is 4.99. The summed E-state index contributed by atoms with van der Waals surface area (Å²) < 4.78 is 0.365. The zero-order chi connectivity index (χ0) is 18.7. The number of rotatable bonds is 4. The van der Waals surface area contributed by atoms with Crippen LogP contribution in [0.15, 0.2) is 71.2 Å². The highest BCUT2D eigenvalue weighted by atomic mass is 32.2. The van der Waals surface area contributed by atoms with E-state index in [0.29, 0.717) is 14.9 Å². The van der Waals surface area contributed by atoms with Crippen LogP contribution >= 0.6 is 24.0 Å². The first kappa shape index (κ1) is 18.1. The van der Waals surface area contributed by atoms with Gasteiger partial charge in [0.05, 0.1) is 16.6 Å². The molecule has 3 rings (SSSR count). The lowest BCUT2D eigenvalue weighted by molar-refractivity contribution is -0.255. The number of nitrogens with zero attached hydrogens (tertiary/aromatic N) is 1. The molecule has 6 heteroatoms. The molecular formula is C20H14NO3S2-. The van der Waals surface area contributed by atoms with Gasteiger partial charge in [0.15, 0.2) is 4.32 Å². The summed E-state index contributed by atoms with van der Waals surface area (Å²) >= 11 is 6.51. The average Bonchev–Trinajstić information content (AvgIpc) is 2.89. The maximum atomic E-state index is 12.7. The van der Waals surface area contributed by atoms with E-state index in [1.54, 1.807) is 18.2 Å². The number of thiocarbonyl (C=S) groups is 1. The van der Waals surface area contributed by atoms with Gasteiger partial charge in [-0.25, -0.2) is 0 Å². The van der Waals surface area contributed by atoms with E-state index < -0.39 is 5.97 Å². The van der Waals surface area contributed by atoms with Crippen molar-refractivity contribution in [1.29, 1.82) is 0 Å². The third-order valence-electron chi connectivity index (χ3n) is 3.69. The van der Waals surface area contributed by atoms with E-state index in [9.17, 15) is 14.7 Å². The molecule has 0 N–H and O–H groups in total. The lowest BCUT2D eigenvalue weighted by Gasteiger charge is -2.15. The number of carbonyl (C=O) groups is 2. The highest BCUT2D eigenvalue weighted by Gasteiger charge is 2.33. The molecule has 0 bridgehead atoms. The molecule has 0 spiro atoms. The maximum absolute atomic E-state index is 12.7. The lowest BCUT2D eigenvalue weighted by Crippen LogP contribution is -2.28. The van der Waals surface area contributed by atoms with Gasteiger partial charge in [0, 0.05) is 0 Å². The zero-order valence-corrected chi connectivity index (χ0v) is 15.5. The van der Waals surface area contributed by atoms with E-state index in [2.05, 4.69) is 0 Å². The summed E-state index contributed by atoms with van der Waals surface area (Å²) in [5.41, 5.74) is 2.38. The van der Waals surface area contributed by atoms with E-state index in [4.69, 9.17) is 12.2 Å². The number of allylic oxidation sites excluding steroid dienone is 2. The second-order valence-corrected chi connectivity index (χ2v) is 7.33. The van der Waals surface area contributed by atoms with Gasteiger partial charge >= 0.3 is 0 Å². The highest BCUT2D eigenvalue weighted by Crippen LogP contribution is 2.35. The molecule has 0 saturated carbocycles. The van der Waals surface area contributed by atoms with Crippen molar-refractivity contribution in [3.05, 3.63) is 82.3 Å². The minimum Gasteiger partial charge on any atom is -0.545 e. The number of anilines is 1. The smallest absolute Gasteiger partial charge is 0.270 e. The van der Waals surface area contributed by atoms with Gasteiger partial charge in [-0.15, -0.1) is 0 Å². The summed E-state index contributed by atoms with van der Waals surface area (Å²) in [5, 5.41) is 11.0. The Balaban J connectivity index is 1.88. The molecule has 0 radical (unpaired) electrons. The van der Waals surface area contributed by atoms with E-state index in [0.717, 1.165) is 11.1 Å². The fourth-order valence-corrected chi connectivity index (χ4v) is 3.87. The lowest BCUT2D eigenvalue weighted by atomic mass is 10.1. The number of amides is 1. The van der Waals surface area contributed by atoms with Crippen molar-refractivity contribution in [2.75, 3.05) is 4.90 Å². The summed E-state index contributed by atoms with van der Waals surface area (Å²) in [7, 11) is 0. The molecule has 0 atom stereocenters. The second-order valence-electron chi connectivity index (χ2n) is 5.65. The fraction of sp³-hybridized carbons (Fsp3) is 0.0500. The summed E-state index contributed by atoms with van der Waals surface area (Å²) in [4.78, 5) is 25.6. The Bertz CT molecular complexity index is 949. The van der Waals surface area contributed by atoms with Gasteiger partial charge in [-0.2, -0.15) is 0 Å². The Labute approximate surface area is 160 Å². The number of hydrogen-bond donors (Lipinski definition) is 0. The average molecular weight is 380 g/mol. The number of carboxylic acid groups (broad SMARTS) is 1. The van der Waals surface area contributed by atoms with Gasteiger partial charge in [0.25, 0.3) is 5.91 Å². The van der Waals surface area contributed by atoms with Crippen LogP contribution in [0.25, 0.3) is 6.08 Å². The molecule has 4 nitrogen and oxygen atoms in total. The Hall–Kier alpha value is -2.70. The monoisotopic (exact) mass is 380 g/mol. The van der Waals surface area contributed by atoms with Crippen LogP contribution in [-0.4, -0.2) is 16.2 Å². The molecule has 130 valence electrons. The standard InChI is InChI=1S/C20H15NO3S2/c1-13(10-14-6-3-2-4-7-14)11-17-18(22)21(20(25)26-17)16-9-5-8-15(12-16)19(23)24/h2-12H,1H3,(H,23,24)/p-1/b13-10+,17-11-. The largest absolute Gasteiger partial charge is 0.545 e. The summed E-state index contributed by atoms with van der Waals surface area (Å²) in [5.74, 6) is -1.56. The zero-order valence-electron chi connectivity index (χ0n) is 13.8. The molecule has 1 fully saturated rings.